The molecule has 7 rings (SSSR count). The number of carbonyl (C=O) groups is 1. The molecule has 3 heterocycles. The minimum atomic E-state index is -0.771. The number of hydrogen-bond donors (Lipinski definition) is 1. The molecule has 4 aliphatic rings. The highest BCUT2D eigenvalue weighted by molar-refractivity contribution is 5.70. The maximum Gasteiger partial charge on any atom is 0.306 e. The molecule has 0 amide bonds. The largest absolute Gasteiger partial charge is 0.485 e. The topological polar surface area (TPSA) is 71.9 Å². The van der Waals surface area contributed by atoms with Crippen LogP contribution in [0.15, 0.2) is 54.7 Å². The van der Waals surface area contributed by atoms with Crippen LogP contribution in [0.5, 0.6) is 11.6 Å². The molecule has 1 N–H and O–H groups in total. The summed E-state index contributed by atoms with van der Waals surface area (Å²) >= 11 is 0. The maximum absolute atomic E-state index is 11.4. The van der Waals surface area contributed by atoms with Gasteiger partial charge in [0.05, 0.1) is 13.0 Å². The maximum atomic E-state index is 11.4. The van der Waals surface area contributed by atoms with Crippen molar-refractivity contribution in [2.75, 3.05) is 13.7 Å². The standard InChI is InChI=1S/C33H38N2O4.C3H6.C2H6.CH4/c1-22(32(36)37)17-23-5-6-24-8-10-29(39-30(24)18-23)26-7-9-28(25-11-15-34-31(20-25)38-2)27(19-26)21-35-16-4-3-12-33(35)13-14-33;1-2-3-1;1-2;/h5-7,9,11,15,18-20,22,29H,3-4,8,10,12-14,16-17,21H2,1-2H3,(H,36,37);1-3H2;1-2H3;1H4. The van der Waals surface area contributed by atoms with E-state index in [2.05, 4.69) is 40.2 Å². The number of nitrogens with zero attached hydrogens (tertiary/aromatic N) is 2. The smallest absolute Gasteiger partial charge is 0.306 e. The number of fused-ring (bicyclic) bond motifs is 1. The summed E-state index contributed by atoms with van der Waals surface area (Å²) in [7, 11) is 1.66. The van der Waals surface area contributed by atoms with Crippen LogP contribution in [-0.4, -0.2) is 40.2 Å². The number of pyridine rings is 1. The van der Waals surface area contributed by atoms with E-state index >= 15 is 0 Å². The number of hydrogen-bond acceptors (Lipinski definition) is 5. The van der Waals surface area contributed by atoms with Gasteiger partial charge in [0.1, 0.15) is 11.9 Å². The number of aromatic nitrogens is 1. The Morgan fingerprint density at radius 1 is 1.04 bits per heavy atom. The summed E-state index contributed by atoms with van der Waals surface area (Å²) in [4.78, 5) is 18.4. The molecule has 244 valence electrons. The summed E-state index contributed by atoms with van der Waals surface area (Å²) in [6, 6.07) is 17.1. The van der Waals surface area contributed by atoms with E-state index < -0.39 is 11.9 Å². The SMILES string of the molecule is C.C1CC1.CC.COc1cc(-c2ccc(C3CCc4ccc(CC(C)C(=O)O)cc4O3)cc2CN2CCCCC23CC3)ccn1. The number of methoxy groups -OCH3 is 1. The van der Waals surface area contributed by atoms with Crippen molar-refractivity contribution in [2.24, 2.45) is 5.92 Å². The highest BCUT2D eigenvalue weighted by Crippen LogP contribution is 2.49. The highest BCUT2D eigenvalue weighted by atomic mass is 16.5. The average Bonchev–Trinajstić information content (AvgIpc) is 4.00. The highest BCUT2D eigenvalue weighted by Gasteiger charge is 2.48. The summed E-state index contributed by atoms with van der Waals surface area (Å²) < 4.78 is 12.0. The van der Waals surface area contributed by atoms with Gasteiger partial charge in [-0.15, -0.1) is 0 Å². The lowest BCUT2D eigenvalue weighted by molar-refractivity contribution is -0.141. The molecular formula is C39H54N2O4. The molecule has 3 aromatic rings. The quantitative estimate of drug-likeness (QED) is 0.273. The van der Waals surface area contributed by atoms with Gasteiger partial charge in [-0.05, 0) is 97.0 Å². The number of likely N-dealkylation sites (tertiary alicyclic amines) is 1. The Balaban J connectivity index is 0.000000713. The van der Waals surface area contributed by atoms with Crippen LogP contribution in [0.2, 0.25) is 0 Å². The first-order valence-corrected chi connectivity index (χ1v) is 16.8. The van der Waals surface area contributed by atoms with Crippen LogP contribution >= 0.6 is 0 Å². The molecule has 3 fully saturated rings. The molecule has 45 heavy (non-hydrogen) atoms. The second kappa shape index (κ2) is 15.8. The number of carboxylic acids is 1. The minimum Gasteiger partial charge on any atom is -0.485 e. The zero-order chi connectivity index (χ0) is 31.1. The van der Waals surface area contributed by atoms with Crippen LogP contribution in [0.4, 0.5) is 0 Å². The van der Waals surface area contributed by atoms with E-state index in [4.69, 9.17) is 9.47 Å². The fraction of sp³-hybridized carbons (Fsp3) is 0.538. The number of piperidine rings is 1. The van der Waals surface area contributed by atoms with E-state index in [-0.39, 0.29) is 13.5 Å². The Morgan fingerprint density at radius 2 is 1.82 bits per heavy atom. The molecule has 1 saturated heterocycles. The second-order valence-corrected chi connectivity index (χ2v) is 12.7. The Kier molecular flexibility index (Phi) is 12.1. The van der Waals surface area contributed by atoms with Crippen LogP contribution in [-0.2, 0) is 24.2 Å². The lowest BCUT2D eigenvalue weighted by Gasteiger charge is -2.37. The summed E-state index contributed by atoms with van der Waals surface area (Å²) in [6.45, 7) is 7.85. The summed E-state index contributed by atoms with van der Waals surface area (Å²) in [5.74, 6) is 0.319. The van der Waals surface area contributed by atoms with Crippen molar-refractivity contribution in [3.05, 3.63) is 77.0 Å². The van der Waals surface area contributed by atoms with Crippen molar-refractivity contribution in [3.8, 4) is 22.8 Å². The van der Waals surface area contributed by atoms with Crippen molar-refractivity contribution in [1.29, 1.82) is 0 Å². The monoisotopic (exact) mass is 614 g/mol. The molecule has 2 atom stereocenters. The van der Waals surface area contributed by atoms with E-state index in [0.29, 0.717) is 17.8 Å². The van der Waals surface area contributed by atoms with Crippen LogP contribution < -0.4 is 9.47 Å². The first kappa shape index (κ1) is 34.5. The van der Waals surface area contributed by atoms with Crippen molar-refractivity contribution in [1.82, 2.24) is 9.88 Å². The van der Waals surface area contributed by atoms with Crippen molar-refractivity contribution < 1.29 is 19.4 Å². The predicted octanol–water partition coefficient (Wildman–Crippen LogP) is 9.44. The molecule has 2 unspecified atom stereocenters. The van der Waals surface area contributed by atoms with Gasteiger partial charge in [-0.1, -0.05) is 84.2 Å². The van der Waals surface area contributed by atoms with Crippen LogP contribution in [0.1, 0.15) is 114 Å². The molecule has 1 spiro atoms. The second-order valence-electron chi connectivity index (χ2n) is 12.7. The molecule has 2 aliphatic carbocycles. The number of rotatable bonds is 8. The molecule has 1 aromatic heterocycles. The normalized spacial score (nSPS) is 19.6. The van der Waals surface area contributed by atoms with Gasteiger partial charge in [0, 0.05) is 24.3 Å². The van der Waals surface area contributed by atoms with Crippen molar-refractivity contribution in [3.63, 3.8) is 0 Å². The number of carboxylic acid groups (broad SMARTS) is 1. The van der Waals surface area contributed by atoms with Gasteiger partial charge < -0.3 is 14.6 Å². The summed E-state index contributed by atoms with van der Waals surface area (Å²) in [5, 5.41) is 9.34. The summed E-state index contributed by atoms with van der Waals surface area (Å²) in [5.41, 5.74) is 7.48. The van der Waals surface area contributed by atoms with Gasteiger partial charge in [-0.25, -0.2) is 4.98 Å². The molecule has 2 aliphatic heterocycles. The van der Waals surface area contributed by atoms with E-state index in [1.807, 2.05) is 38.2 Å². The molecule has 6 heteroatoms. The average molecular weight is 615 g/mol. The Morgan fingerprint density at radius 3 is 2.51 bits per heavy atom. The molecule has 2 saturated carbocycles. The fourth-order valence-corrected chi connectivity index (χ4v) is 6.45. The number of aryl methyl sites for hydroxylation is 1. The Hall–Kier alpha value is -3.38. The molecule has 2 aromatic carbocycles. The molecule has 6 nitrogen and oxygen atoms in total. The predicted molar refractivity (Wildman–Crippen MR) is 183 cm³/mol. The van der Waals surface area contributed by atoms with Gasteiger partial charge in [-0.3, -0.25) is 9.69 Å². The first-order chi connectivity index (χ1) is 21.4. The lowest BCUT2D eigenvalue weighted by atomic mass is 9.91. The Bertz CT molecular complexity index is 1410. The van der Waals surface area contributed by atoms with E-state index in [1.54, 1.807) is 14.0 Å². The van der Waals surface area contributed by atoms with Crippen molar-refractivity contribution >= 4 is 5.97 Å². The van der Waals surface area contributed by atoms with Gasteiger partial charge in [-0.2, -0.15) is 0 Å². The van der Waals surface area contributed by atoms with Crippen LogP contribution in [0.3, 0.4) is 0 Å². The zero-order valence-electron chi connectivity index (χ0n) is 27.1. The number of benzene rings is 2. The van der Waals surface area contributed by atoms with E-state index in [9.17, 15) is 9.90 Å². The lowest BCUT2D eigenvalue weighted by Crippen LogP contribution is -2.40. The van der Waals surface area contributed by atoms with Gasteiger partial charge in [0.2, 0.25) is 5.88 Å². The number of ether oxygens (including phenoxy) is 2. The van der Waals surface area contributed by atoms with E-state index in [0.717, 1.165) is 42.8 Å². The zero-order valence-corrected chi connectivity index (χ0v) is 27.1. The fourth-order valence-electron chi connectivity index (χ4n) is 6.45. The van der Waals surface area contributed by atoms with E-state index in [1.165, 1.54) is 73.6 Å². The van der Waals surface area contributed by atoms with Crippen LogP contribution in [0, 0.1) is 5.92 Å². The molecular weight excluding hydrogens is 560 g/mol. The van der Waals surface area contributed by atoms with Crippen molar-refractivity contribution in [2.45, 2.75) is 117 Å². The third-order valence-corrected chi connectivity index (χ3v) is 9.33. The third-order valence-electron chi connectivity index (χ3n) is 9.33. The molecule has 0 bridgehead atoms. The van der Waals surface area contributed by atoms with Gasteiger partial charge in [0.15, 0.2) is 0 Å². The van der Waals surface area contributed by atoms with Gasteiger partial charge >= 0.3 is 5.97 Å². The van der Waals surface area contributed by atoms with Gasteiger partial charge in [0.25, 0.3) is 0 Å². The minimum absolute atomic E-state index is 0. The molecule has 0 radical (unpaired) electrons. The Labute approximate surface area is 271 Å². The summed E-state index contributed by atoms with van der Waals surface area (Å²) in [6.07, 6.45) is 15.2. The van der Waals surface area contributed by atoms with Crippen LogP contribution in [0.25, 0.3) is 11.1 Å². The number of aliphatic carboxylic acids is 1. The first-order valence-electron chi connectivity index (χ1n) is 16.8. The third kappa shape index (κ3) is 8.66.